The van der Waals surface area contributed by atoms with Crippen LogP contribution in [0, 0.1) is 18.8 Å². The number of rotatable bonds is 14. The maximum atomic E-state index is 14.9. The van der Waals surface area contributed by atoms with Gasteiger partial charge in [-0.05, 0) is 99.1 Å². The first-order valence-corrected chi connectivity index (χ1v) is 29.1. The van der Waals surface area contributed by atoms with Gasteiger partial charge in [-0.25, -0.2) is 4.98 Å². The molecule has 17 heteroatoms. The molecule has 4 aliphatic heterocycles. The highest BCUT2D eigenvalue weighted by atomic mass is 32.1. The van der Waals surface area contributed by atoms with Crippen molar-refractivity contribution in [3.63, 3.8) is 0 Å². The van der Waals surface area contributed by atoms with Gasteiger partial charge in [0.05, 0.1) is 51.3 Å². The number of aromatic nitrogens is 4. The number of benzene rings is 2. The smallest absolute Gasteiger partial charge is 0.243 e. The molecule has 2 aromatic carbocycles. The third-order valence-corrected chi connectivity index (χ3v) is 21.2. The highest BCUT2D eigenvalue weighted by Gasteiger charge is 2.48. The van der Waals surface area contributed by atoms with Crippen molar-refractivity contribution in [2.45, 2.75) is 123 Å². The zero-order valence-electron chi connectivity index (χ0n) is 42.4. The van der Waals surface area contributed by atoms with E-state index < -0.39 is 20.3 Å². The Hall–Kier alpha value is -5.20. The number of para-hydroxylation sites is 1. The van der Waals surface area contributed by atoms with Crippen molar-refractivity contribution in [1.82, 2.24) is 40.4 Å². The van der Waals surface area contributed by atoms with Gasteiger partial charge in [0.25, 0.3) is 0 Å². The molecule has 2 amide bonds. The number of carbonyl (C=O) groups excluding carboxylic acids is 2. The molecule has 0 radical (unpaired) electrons. The van der Waals surface area contributed by atoms with Gasteiger partial charge in [-0.3, -0.25) is 19.4 Å². The number of piperazine rings is 1. The van der Waals surface area contributed by atoms with Crippen LogP contribution >= 0.6 is 11.3 Å². The minimum atomic E-state index is -2.21. The first-order valence-electron chi connectivity index (χ1n) is 25.3. The normalized spacial score (nSPS) is 21.3. The van der Waals surface area contributed by atoms with E-state index in [1.165, 1.54) is 0 Å². The average Bonchev–Trinajstić information content (AvgIpc) is 4.09. The van der Waals surface area contributed by atoms with Gasteiger partial charge in [0, 0.05) is 63.9 Å². The minimum absolute atomic E-state index is 0.0256. The van der Waals surface area contributed by atoms with Crippen LogP contribution in [-0.4, -0.2) is 131 Å². The number of aromatic hydroxyl groups is 1. The number of phenolic OH excluding ortho intramolecular Hbond substituents is 1. The molecule has 3 aromatic heterocycles. The molecule has 0 saturated carbocycles. The van der Waals surface area contributed by atoms with Crippen LogP contribution in [-0.2, 0) is 20.6 Å². The summed E-state index contributed by atoms with van der Waals surface area (Å²) < 4.78 is 13.0. The summed E-state index contributed by atoms with van der Waals surface area (Å²) in [6.45, 7) is 26.9. The van der Waals surface area contributed by atoms with Crippen LogP contribution in [0.3, 0.4) is 0 Å². The monoisotopic (exact) mass is 989 g/mol. The average molecular weight is 989 g/mol. The van der Waals surface area contributed by atoms with E-state index in [9.17, 15) is 14.7 Å². The Labute approximate surface area is 418 Å². The zero-order valence-corrected chi connectivity index (χ0v) is 44.3. The molecule has 7 heterocycles. The molecule has 15 nitrogen and oxygen atoms in total. The molecule has 0 spiro atoms. The first-order chi connectivity index (χ1) is 33.4. The molecular formula is C53H72N10O5SSi. The van der Waals surface area contributed by atoms with Crippen molar-refractivity contribution < 1.29 is 23.6 Å². The lowest BCUT2D eigenvalue weighted by Crippen LogP contribution is -2.58. The molecule has 3 N–H and O–H groups in total. The van der Waals surface area contributed by atoms with Crippen LogP contribution in [0.25, 0.3) is 21.7 Å². The van der Waals surface area contributed by atoms with Gasteiger partial charge >= 0.3 is 0 Å². The third kappa shape index (κ3) is 10.7. The molecule has 3 fully saturated rings. The van der Waals surface area contributed by atoms with Gasteiger partial charge < -0.3 is 34.5 Å². The largest absolute Gasteiger partial charge is 0.507 e. The molecule has 5 atom stereocenters. The van der Waals surface area contributed by atoms with E-state index in [0.717, 1.165) is 97.6 Å². The Morgan fingerprint density at radius 3 is 2.44 bits per heavy atom. The number of carbonyl (C=O) groups is 2. The highest BCUT2D eigenvalue weighted by molar-refractivity contribution is 7.13. The van der Waals surface area contributed by atoms with Gasteiger partial charge in [0.15, 0.2) is 14.1 Å². The molecule has 1 unspecified atom stereocenters. The van der Waals surface area contributed by atoms with Crippen molar-refractivity contribution in [1.29, 1.82) is 0 Å². The third-order valence-electron chi connectivity index (χ3n) is 15.7. The molecule has 9 rings (SSSR count). The number of aryl methyl sites for hydroxylation is 1. The SMILES string of the molecule is Cc1ncsc1-c1ccc([C@H](C)NC(=O)[C@@H]2C[C@@H](O[Si](C)(C)C(C)(C)C)CN2C(=O)C(c2cc(CN3CCC(CN4CCN5c6cc(-c7ccccc7O)nnc6NC[C@H]5C4)CC3)no2)C(C)C)cc1. The highest BCUT2D eigenvalue weighted by Crippen LogP contribution is 2.41. The molecule has 4 aliphatic rings. The van der Waals surface area contributed by atoms with Gasteiger partial charge in [0.1, 0.15) is 23.5 Å². The fraction of sp³-hybridized carbons (Fsp3) is 0.547. The van der Waals surface area contributed by atoms with Gasteiger partial charge in [0.2, 0.25) is 11.8 Å². The summed E-state index contributed by atoms with van der Waals surface area (Å²) in [6, 6.07) is 19.0. The zero-order chi connectivity index (χ0) is 49.5. The molecule has 3 saturated heterocycles. The van der Waals surface area contributed by atoms with Gasteiger partial charge in [-0.1, -0.05) is 76.2 Å². The Balaban J connectivity index is 0.807. The van der Waals surface area contributed by atoms with E-state index in [4.69, 9.17) is 8.95 Å². The number of phenols is 1. The molecule has 5 aromatic rings. The molecule has 0 aliphatic carbocycles. The standard InChI is InChI=1S/C53H72N10O5SSi/c1-33(2)48(52(66)63-31-41(68-70(8,9)53(5,6)7)25-45(63)51(65)56-34(3)37-14-16-38(17-15-37)49-35(4)55-32-69-49)47-24-39(59-67-47)29-60-20-18-36(19-21-60)28-61-22-23-62-40(30-61)27-54-50-44(62)26-43(57-58-50)42-12-10-11-13-46(42)64/h10-17,24,26,32-34,36,40-41,45,48,64H,18-23,25,27-31H2,1-9H3,(H,54,58)(H,56,65)/t34-,40-,41+,45-,48?/m0/s1. The van der Waals surface area contributed by atoms with E-state index in [0.29, 0.717) is 48.5 Å². The van der Waals surface area contributed by atoms with E-state index in [1.807, 2.05) is 57.5 Å². The van der Waals surface area contributed by atoms with E-state index in [-0.39, 0.29) is 40.7 Å². The van der Waals surface area contributed by atoms with Crippen LogP contribution in [0.2, 0.25) is 18.1 Å². The van der Waals surface area contributed by atoms with E-state index in [1.54, 1.807) is 22.3 Å². The minimum Gasteiger partial charge on any atom is -0.507 e. The molecule has 0 bridgehead atoms. The summed E-state index contributed by atoms with van der Waals surface area (Å²) >= 11 is 1.62. The van der Waals surface area contributed by atoms with Gasteiger partial charge in [-0.2, -0.15) is 0 Å². The Morgan fingerprint density at radius 2 is 1.74 bits per heavy atom. The van der Waals surface area contributed by atoms with Crippen LogP contribution < -0.4 is 15.5 Å². The summed E-state index contributed by atoms with van der Waals surface area (Å²) in [5.41, 5.74) is 8.19. The van der Waals surface area contributed by atoms with Crippen molar-refractivity contribution in [2.75, 3.05) is 62.6 Å². The quantitative estimate of drug-likeness (QED) is 0.0906. The van der Waals surface area contributed by atoms with E-state index in [2.05, 4.69) is 110 Å². The van der Waals surface area contributed by atoms with Crippen molar-refractivity contribution in [2.24, 2.45) is 11.8 Å². The number of thiazole rings is 1. The van der Waals surface area contributed by atoms with Crippen LogP contribution in [0.15, 0.2) is 70.7 Å². The van der Waals surface area contributed by atoms with Gasteiger partial charge in [-0.15, -0.1) is 21.5 Å². The summed E-state index contributed by atoms with van der Waals surface area (Å²) in [6.07, 6.45) is 2.39. The molecule has 70 heavy (non-hydrogen) atoms. The number of hydrogen-bond donors (Lipinski definition) is 3. The number of piperidine rings is 1. The number of fused-ring (bicyclic) bond motifs is 3. The summed E-state index contributed by atoms with van der Waals surface area (Å²) in [5, 5.41) is 30.7. The lowest BCUT2D eigenvalue weighted by Gasteiger charge is -2.47. The summed E-state index contributed by atoms with van der Waals surface area (Å²) in [4.78, 5) is 44.2. The van der Waals surface area contributed by atoms with Crippen molar-refractivity contribution >= 4 is 43.0 Å². The summed E-state index contributed by atoms with van der Waals surface area (Å²) in [5.74, 6) is 1.16. The number of anilines is 2. The van der Waals surface area contributed by atoms with Crippen LogP contribution in [0.1, 0.15) is 95.5 Å². The van der Waals surface area contributed by atoms with Crippen LogP contribution in [0.4, 0.5) is 11.5 Å². The second-order valence-corrected chi connectivity index (χ2v) is 27.6. The number of nitrogens with one attached hydrogen (secondary N) is 2. The predicted octanol–water partition coefficient (Wildman–Crippen LogP) is 8.71. The fourth-order valence-corrected chi connectivity index (χ4v) is 12.8. The second kappa shape index (κ2) is 20.5. The molecule has 374 valence electrons. The van der Waals surface area contributed by atoms with Crippen molar-refractivity contribution in [3.8, 4) is 27.4 Å². The number of likely N-dealkylation sites (tertiary alicyclic amines) is 2. The lowest BCUT2D eigenvalue weighted by atomic mass is 9.91. The molecular weight excluding hydrogens is 917 g/mol. The second-order valence-electron chi connectivity index (χ2n) is 22.0. The number of amides is 2. The topological polar surface area (TPSA) is 165 Å². The Bertz CT molecular complexity index is 2620. The first kappa shape index (κ1) is 49.8. The van der Waals surface area contributed by atoms with E-state index >= 15 is 0 Å². The van der Waals surface area contributed by atoms with Crippen LogP contribution in [0.5, 0.6) is 5.75 Å². The maximum absolute atomic E-state index is 14.9. The Morgan fingerprint density at radius 1 is 0.986 bits per heavy atom. The Kier molecular flexibility index (Phi) is 14.6. The summed E-state index contributed by atoms with van der Waals surface area (Å²) in [7, 11) is -2.21. The lowest BCUT2D eigenvalue weighted by molar-refractivity contribution is -0.141. The predicted molar refractivity (Wildman–Crippen MR) is 278 cm³/mol. The number of nitrogens with zero attached hydrogens (tertiary/aromatic N) is 8. The fourth-order valence-electron chi connectivity index (χ4n) is 10.6. The number of hydrogen-bond acceptors (Lipinski definition) is 14. The van der Waals surface area contributed by atoms with Crippen molar-refractivity contribution in [3.05, 3.63) is 88.9 Å². The maximum Gasteiger partial charge on any atom is 0.243 e.